The summed E-state index contributed by atoms with van der Waals surface area (Å²) in [6, 6.07) is 10.8. The van der Waals surface area contributed by atoms with E-state index in [9.17, 15) is 0 Å². The van der Waals surface area contributed by atoms with Crippen molar-refractivity contribution in [3.8, 4) is 0 Å². The maximum atomic E-state index is 3.58. The molecule has 19 heavy (non-hydrogen) atoms. The molecule has 0 saturated carbocycles. The first-order chi connectivity index (χ1) is 9.45. The zero-order valence-electron chi connectivity index (χ0n) is 12.0. The molecule has 0 bridgehead atoms. The van der Waals surface area contributed by atoms with Crippen molar-refractivity contribution in [1.29, 1.82) is 0 Å². The third-order valence-corrected chi connectivity index (χ3v) is 3.92. The van der Waals surface area contributed by atoms with E-state index in [1.165, 1.54) is 63.5 Å². The van der Waals surface area contributed by atoms with Gasteiger partial charge in [0.2, 0.25) is 0 Å². The van der Waals surface area contributed by atoms with Crippen LogP contribution >= 0.6 is 0 Å². The van der Waals surface area contributed by atoms with Gasteiger partial charge in [-0.3, -0.25) is 0 Å². The third-order valence-electron chi connectivity index (χ3n) is 3.92. The van der Waals surface area contributed by atoms with Crippen molar-refractivity contribution >= 4 is 0 Å². The van der Waals surface area contributed by atoms with Crippen molar-refractivity contribution in [2.24, 2.45) is 0 Å². The van der Waals surface area contributed by atoms with E-state index in [0.29, 0.717) is 0 Å². The molecule has 1 heteroatoms. The predicted molar refractivity (Wildman–Crippen MR) is 83.4 cm³/mol. The molecular formula is C18H27N. The van der Waals surface area contributed by atoms with Gasteiger partial charge in [0.15, 0.2) is 0 Å². The Morgan fingerprint density at radius 2 is 1.79 bits per heavy atom. The monoisotopic (exact) mass is 257 g/mol. The average Bonchev–Trinajstić information content (AvgIpc) is 2.48. The molecule has 2 rings (SSSR count). The highest BCUT2D eigenvalue weighted by Crippen LogP contribution is 2.19. The summed E-state index contributed by atoms with van der Waals surface area (Å²) in [5.41, 5.74) is 3.15. The molecule has 1 aromatic rings. The van der Waals surface area contributed by atoms with Gasteiger partial charge in [-0.05, 0) is 70.0 Å². The standard InChI is InChI=1S/C18H27N/c1-3-9-17(10-4-1)13-7-8-15-19-16-14-18-11-5-2-6-12-18/h1,3-4,9-11,19H,2,5-8,12-16H2. The Kier molecular flexibility index (Phi) is 6.73. The normalized spacial score (nSPS) is 15.3. The lowest BCUT2D eigenvalue weighted by molar-refractivity contribution is 0.602. The van der Waals surface area contributed by atoms with Gasteiger partial charge in [-0.1, -0.05) is 42.0 Å². The van der Waals surface area contributed by atoms with Crippen molar-refractivity contribution in [1.82, 2.24) is 5.32 Å². The number of hydrogen-bond donors (Lipinski definition) is 1. The Morgan fingerprint density at radius 1 is 0.895 bits per heavy atom. The van der Waals surface area contributed by atoms with E-state index in [1.54, 1.807) is 5.57 Å². The molecule has 0 aromatic heterocycles. The fraction of sp³-hybridized carbons (Fsp3) is 0.556. The molecule has 1 aliphatic carbocycles. The van der Waals surface area contributed by atoms with E-state index >= 15 is 0 Å². The van der Waals surface area contributed by atoms with Gasteiger partial charge in [0, 0.05) is 0 Å². The molecule has 0 radical (unpaired) electrons. The molecule has 104 valence electrons. The van der Waals surface area contributed by atoms with Crippen LogP contribution in [0.4, 0.5) is 0 Å². The number of aryl methyl sites for hydroxylation is 1. The van der Waals surface area contributed by atoms with Crippen molar-refractivity contribution < 1.29 is 0 Å². The fourth-order valence-electron chi connectivity index (χ4n) is 2.73. The second kappa shape index (κ2) is 8.92. The molecule has 1 aromatic carbocycles. The summed E-state index contributed by atoms with van der Waals surface area (Å²) >= 11 is 0. The van der Waals surface area contributed by atoms with E-state index in [1.807, 2.05) is 0 Å². The Bertz CT molecular complexity index is 367. The van der Waals surface area contributed by atoms with E-state index in [0.717, 1.165) is 6.54 Å². The van der Waals surface area contributed by atoms with Gasteiger partial charge in [0.05, 0.1) is 0 Å². The first-order valence-corrected chi connectivity index (χ1v) is 7.88. The third kappa shape index (κ3) is 6.07. The van der Waals surface area contributed by atoms with Gasteiger partial charge in [-0.15, -0.1) is 0 Å². The average molecular weight is 257 g/mol. The Labute approximate surface area is 118 Å². The topological polar surface area (TPSA) is 12.0 Å². The van der Waals surface area contributed by atoms with Crippen LogP contribution in [0.25, 0.3) is 0 Å². The molecule has 0 saturated heterocycles. The lowest BCUT2D eigenvalue weighted by Crippen LogP contribution is -2.17. The highest BCUT2D eigenvalue weighted by atomic mass is 14.8. The molecule has 0 amide bonds. The SMILES string of the molecule is C1=C(CCNCCCCc2ccccc2)CCCC1. The maximum Gasteiger partial charge on any atom is -0.00116 e. The van der Waals surface area contributed by atoms with Crippen LogP contribution in [0.15, 0.2) is 42.0 Å². The lowest BCUT2D eigenvalue weighted by atomic mass is 9.97. The summed E-state index contributed by atoms with van der Waals surface area (Å²) in [7, 11) is 0. The molecule has 0 atom stereocenters. The van der Waals surface area contributed by atoms with Crippen LogP contribution in [0.2, 0.25) is 0 Å². The van der Waals surface area contributed by atoms with E-state index in [4.69, 9.17) is 0 Å². The van der Waals surface area contributed by atoms with Gasteiger partial charge >= 0.3 is 0 Å². The lowest BCUT2D eigenvalue weighted by Gasteiger charge is -2.12. The van der Waals surface area contributed by atoms with Crippen molar-refractivity contribution in [3.05, 3.63) is 47.5 Å². The van der Waals surface area contributed by atoms with Crippen molar-refractivity contribution in [3.63, 3.8) is 0 Å². The minimum absolute atomic E-state index is 1.16. The van der Waals surface area contributed by atoms with Crippen LogP contribution in [-0.2, 0) is 6.42 Å². The summed E-state index contributed by atoms with van der Waals surface area (Å²) in [4.78, 5) is 0. The van der Waals surface area contributed by atoms with Gasteiger partial charge < -0.3 is 5.32 Å². The van der Waals surface area contributed by atoms with E-state index in [2.05, 4.69) is 41.7 Å². The van der Waals surface area contributed by atoms with Crippen molar-refractivity contribution in [2.45, 2.75) is 51.4 Å². The fourth-order valence-corrected chi connectivity index (χ4v) is 2.73. The second-order valence-electron chi connectivity index (χ2n) is 5.55. The van der Waals surface area contributed by atoms with E-state index < -0.39 is 0 Å². The zero-order chi connectivity index (χ0) is 13.2. The minimum Gasteiger partial charge on any atom is -0.316 e. The molecule has 1 nitrogen and oxygen atoms in total. The Morgan fingerprint density at radius 3 is 2.58 bits per heavy atom. The summed E-state index contributed by atoms with van der Waals surface area (Å²) in [6.07, 6.45) is 13.0. The van der Waals surface area contributed by atoms with Crippen LogP contribution < -0.4 is 5.32 Å². The second-order valence-corrected chi connectivity index (χ2v) is 5.55. The summed E-state index contributed by atoms with van der Waals surface area (Å²) in [6.45, 7) is 2.33. The van der Waals surface area contributed by atoms with Crippen LogP contribution in [0.5, 0.6) is 0 Å². The van der Waals surface area contributed by atoms with Gasteiger partial charge in [-0.25, -0.2) is 0 Å². The first-order valence-electron chi connectivity index (χ1n) is 7.88. The summed E-state index contributed by atoms with van der Waals surface area (Å²) < 4.78 is 0. The van der Waals surface area contributed by atoms with E-state index in [-0.39, 0.29) is 0 Å². The van der Waals surface area contributed by atoms with Crippen LogP contribution in [-0.4, -0.2) is 13.1 Å². The first kappa shape index (κ1) is 14.3. The summed E-state index contributed by atoms with van der Waals surface area (Å²) in [5.74, 6) is 0. The molecule has 0 aliphatic heterocycles. The van der Waals surface area contributed by atoms with Gasteiger partial charge in [-0.2, -0.15) is 0 Å². The smallest absolute Gasteiger partial charge is 0.00116 e. The quantitative estimate of drug-likeness (QED) is 0.534. The Hall–Kier alpha value is -1.08. The maximum absolute atomic E-state index is 3.58. The van der Waals surface area contributed by atoms with Crippen LogP contribution in [0.1, 0.15) is 50.5 Å². The van der Waals surface area contributed by atoms with Crippen LogP contribution in [0, 0.1) is 0 Å². The number of hydrogen-bond acceptors (Lipinski definition) is 1. The molecular weight excluding hydrogens is 230 g/mol. The van der Waals surface area contributed by atoms with Crippen molar-refractivity contribution in [2.75, 3.05) is 13.1 Å². The van der Waals surface area contributed by atoms with Crippen LogP contribution in [0.3, 0.4) is 0 Å². The highest BCUT2D eigenvalue weighted by Gasteiger charge is 2.02. The Balaban J connectivity index is 1.45. The highest BCUT2D eigenvalue weighted by molar-refractivity contribution is 5.14. The zero-order valence-corrected chi connectivity index (χ0v) is 12.0. The summed E-state index contributed by atoms with van der Waals surface area (Å²) in [5, 5.41) is 3.58. The number of allylic oxidation sites excluding steroid dienone is 1. The number of unbranched alkanes of at least 4 members (excludes halogenated alkanes) is 1. The molecule has 0 spiro atoms. The van der Waals surface area contributed by atoms with Gasteiger partial charge in [0.1, 0.15) is 0 Å². The largest absolute Gasteiger partial charge is 0.316 e. The molecule has 0 fully saturated rings. The molecule has 1 aliphatic rings. The predicted octanol–water partition coefficient (Wildman–Crippen LogP) is 4.49. The minimum atomic E-state index is 1.16. The molecule has 1 N–H and O–H groups in total. The number of benzene rings is 1. The van der Waals surface area contributed by atoms with Gasteiger partial charge in [0.25, 0.3) is 0 Å². The number of rotatable bonds is 8. The molecule has 0 unspecified atom stereocenters. The molecule has 0 heterocycles. The number of nitrogens with one attached hydrogen (secondary N) is 1.